The van der Waals surface area contributed by atoms with Gasteiger partial charge in [0.1, 0.15) is 7.05 Å². The Kier molecular flexibility index (Phi) is 6.00. The zero-order valence-electron chi connectivity index (χ0n) is 23.9. The van der Waals surface area contributed by atoms with E-state index in [0.29, 0.717) is 18.4 Å². The van der Waals surface area contributed by atoms with Crippen LogP contribution in [0.15, 0.2) is 89.6 Å². The number of likely N-dealkylation sites (N-methyl/N-ethyl adjacent to an activating group) is 1. The summed E-state index contributed by atoms with van der Waals surface area (Å²) in [6, 6.07) is 26.4. The van der Waals surface area contributed by atoms with E-state index >= 15 is 0 Å². The van der Waals surface area contributed by atoms with Crippen molar-refractivity contribution in [2.75, 3.05) is 13.7 Å². The molecule has 0 aromatic rings. The molecule has 1 aliphatic heterocycles. The van der Waals surface area contributed by atoms with E-state index in [1.54, 1.807) is 0 Å². The van der Waals surface area contributed by atoms with Gasteiger partial charge < -0.3 is 4.74 Å². The number of fused-ring (bicyclic) bond motifs is 4. The van der Waals surface area contributed by atoms with Gasteiger partial charge >= 0.3 is 5.97 Å². The number of rotatable bonds is 4. The van der Waals surface area contributed by atoms with Crippen LogP contribution in [0.25, 0.3) is 27.8 Å². The number of esters is 1. The second-order valence-electron chi connectivity index (χ2n) is 11.7. The fourth-order valence-corrected chi connectivity index (χ4v) is 7.78. The highest BCUT2D eigenvalue weighted by molar-refractivity contribution is 6.42. The lowest BCUT2D eigenvalue weighted by atomic mass is 9.65. The van der Waals surface area contributed by atoms with Crippen molar-refractivity contribution in [3.63, 3.8) is 0 Å². The maximum absolute atomic E-state index is 13.6. The van der Waals surface area contributed by atoms with Gasteiger partial charge in [-0.3, -0.25) is 0 Å². The van der Waals surface area contributed by atoms with E-state index in [9.17, 15) is 4.79 Å². The zero-order valence-corrected chi connectivity index (χ0v) is 23.9. The quantitative estimate of drug-likeness (QED) is 0.199. The molecule has 0 aromatic carbocycles. The summed E-state index contributed by atoms with van der Waals surface area (Å²) >= 11 is 0. The summed E-state index contributed by atoms with van der Waals surface area (Å²) in [5.41, 5.74) is 15.9. The monoisotopic (exact) mass is 526 g/mol. The summed E-state index contributed by atoms with van der Waals surface area (Å²) in [4.78, 5) is 13.6. The minimum atomic E-state index is -0.190. The van der Waals surface area contributed by atoms with Gasteiger partial charge in [0.15, 0.2) is 0 Å². The molecule has 2 bridgehead atoms. The number of allylic oxidation sites excluding steroid dienone is 1. The summed E-state index contributed by atoms with van der Waals surface area (Å²) in [6.45, 7) is 6.70. The van der Waals surface area contributed by atoms with E-state index in [4.69, 9.17) is 4.74 Å². The third kappa shape index (κ3) is 3.63. The molecule has 7 aliphatic carbocycles. The zero-order chi connectivity index (χ0) is 27.5. The topological polar surface area (TPSA) is 29.3 Å². The highest BCUT2D eigenvalue weighted by Gasteiger charge is 2.52. The predicted molar refractivity (Wildman–Crippen MR) is 162 cm³/mol. The Bertz CT molecular complexity index is 1630. The van der Waals surface area contributed by atoms with Crippen LogP contribution in [0.3, 0.4) is 0 Å². The van der Waals surface area contributed by atoms with Crippen LogP contribution in [0, 0.1) is 25.7 Å². The molecule has 0 radical (unpaired) electrons. The first-order valence-electron chi connectivity index (χ1n) is 14.7. The molecule has 3 heteroatoms. The molecule has 1 saturated carbocycles. The molecular weight excluding hydrogens is 490 g/mol. The molecule has 8 aliphatic rings. The Morgan fingerprint density at radius 2 is 1.23 bits per heavy atom. The molecule has 0 unspecified atom stereocenters. The van der Waals surface area contributed by atoms with E-state index < -0.39 is 0 Å². The van der Waals surface area contributed by atoms with Crippen molar-refractivity contribution >= 4 is 17.3 Å². The highest BCUT2D eigenvalue weighted by Crippen LogP contribution is 2.54. The Morgan fingerprint density at radius 1 is 0.750 bits per heavy atom. The largest absolute Gasteiger partial charge is 0.458 e. The van der Waals surface area contributed by atoms with Crippen LogP contribution < -0.4 is 0 Å². The van der Waals surface area contributed by atoms with Gasteiger partial charge in [0.2, 0.25) is 5.70 Å². The Hall–Kier alpha value is -3.98. The molecule has 0 saturated heterocycles. The molecule has 200 valence electrons. The smallest absolute Gasteiger partial charge is 0.404 e. The maximum Gasteiger partial charge on any atom is 0.404 e. The van der Waals surface area contributed by atoms with E-state index in [0.717, 1.165) is 18.6 Å². The average molecular weight is 527 g/mol. The summed E-state index contributed by atoms with van der Waals surface area (Å²) in [7, 11) is 2.09. The van der Waals surface area contributed by atoms with Gasteiger partial charge in [0.25, 0.3) is 5.71 Å². The van der Waals surface area contributed by atoms with Crippen LogP contribution in [-0.2, 0) is 9.53 Å². The van der Waals surface area contributed by atoms with Gasteiger partial charge in [0, 0.05) is 11.1 Å². The normalized spacial score (nSPS) is 20.1. The fraction of sp³-hybridized carbons (Fsp3) is 0.297. The third-order valence-electron chi connectivity index (χ3n) is 9.49. The van der Waals surface area contributed by atoms with Gasteiger partial charge in [-0.1, -0.05) is 60.7 Å². The molecule has 0 amide bonds. The molecule has 0 aromatic heterocycles. The molecule has 0 atom stereocenters. The lowest BCUT2D eigenvalue weighted by molar-refractivity contribution is -0.434. The summed E-state index contributed by atoms with van der Waals surface area (Å²) < 4.78 is 7.89. The van der Waals surface area contributed by atoms with E-state index in [1.165, 1.54) is 79.8 Å². The number of aryl methyl sites for hydroxylation is 2. The van der Waals surface area contributed by atoms with E-state index in [-0.39, 0.29) is 5.97 Å². The number of nitrogens with zero attached hydrogens (tertiary/aromatic N) is 1. The number of carbonyl (C=O) groups is 1. The molecule has 0 N–H and O–H groups in total. The van der Waals surface area contributed by atoms with Crippen molar-refractivity contribution < 1.29 is 14.1 Å². The molecule has 1 heterocycles. The molecular formula is C37H36NO2+. The van der Waals surface area contributed by atoms with Crippen LogP contribution >= 0.6 is 0 Å². The van der Waals surface area contributed by atoms with Crippen LogP contribution in [0.4, 0.5) is 0 Å². The molecule has 40 heavy (non-hydrogen) atoms. The van der Waals surface area contributed by atoms with Crippen LogP contribution in [-0.4, -0.2) is 29.9 Å². The average Bonchev–Trinajstić information content (AvgIpc) is 3.34. The summed E-state index contributed by atoms with van der Waals surface area (Å²) in [6.07, 6.45) is 4.70. The van der Waals surface area contributed by atoms with Crippen molar-refractivity contribution in [1.29, 1.82) is 0 Å². The summed E-state index contributed by atoms with van der Waals surface area (Å²) in [5.74, 6) is 0.702. The van der Waals surface area contributed by atoms with Crippen molar-refractivity contribution in [3.05, 3.63) is 112 Å². The first kappa shape index (κ1) is 25.0. The highest BCUT2D eigenvalue weighted by atomic mass is 16.5. The lowest BCUT2D eigenvalue weighted by Gasteiger charge is -2.36. The van der Waals surface area contributed by atoms with Crippen molar-refractivity contribution in [2.24, 2.45) is 11.8 Å². The summed E-state index contributed by atoms with van der Waals surface area (Å²) in [5, 5.41) is 0. The van der Waals surface area contributed by atoms with Crippen LogP contribution in [0.2, 0.25) is 0 Å². The minimum absolute atomic E-state index is 0.190. The molecule has 3 nitrogen and oxygen atoms in total. The van der Waals surface area contributed by atoms with Gasteiger partial charge in [-0.15, -0.1) is 0 Å². The third-order valence-corrected chi connectivity index (χ3v) is 9.49. The van der Waals surface area contributed by atoms with Crippen molar-refractivity contribution in [3.8, 4) is 22.3 Å². The maximum atomic E-state index is 13.6. The second kappa shape index (κ2) is 9.59. The minimum Gasteiger partial charge on any atom is -0.458 e. The van der Waals surface area contributed by atoms with Crippen molar-refractivity contribution in [2.45, 2.75) is 46.5 Å². The van der Waals surface area contributed by atoms with Crippen molar-refractivity contribution in [1.82, 2.24) is 0 Å². The van der Waals surface area contributed by atoms with E-state index in [1.807, 2.05) is 6.92 Å². The molecule has 0 spiro atoms. The lowest BCUT2D eigenvalue weighted by Crippen LogP contribution is -2.32. The van der Waals surface area contributed by atoms with Crippen LogP contribution in [0.1, 0.15) is 54.9 Å². The fourth-order valence-electron chi connectivity index (χ4n) is 7.78. The molecule has 1 fully saturated rings. The first-order valence-corrected chi connectivity index (χ1v) is 14.7. The number of hydrogen-bond donors (Lipinski definition) is 0. The van der Waals surface area contributed by atoms with E-state index in [2.05, 4.69) is 98.3 Å². The van der Waals surface area contributed by atoms with Gasteiger partial charge in [-0.2, -0.15) is 4.58 Å². The Labute approximate surface area is 237 Å². The predicted octanol–water partition coefficient (Wildman–Crippen LogP) is 8.05. The van der Waals surface area contributed by atoms with Crippen LogP contribution in [0.5, 0.6) is 0 Å². The van der Waals surface area contributed by atoms with Gasteiger partial charge in [-0.05, 0) is 115 Å². The second-order valence-corrected chi connectivity index (χ2v) is 11.7. The number of carbonyl (C=O) groups excluding carboxylic acids is 1. The van der Waals surface area contributed by atoms with Gasteiger partial charge in [0.05, 0.1) is 12.2 Å². The Balaban J connectivity index is 1.63. The standard InChI is InChI=1S/C37H36NO2/c1-5-40-37(39)36-33-25-18-16-24(17-19-25)32(33)35(38(36)4)34(30-20-22(2)26-12-8-6-10-14-28(26)30)31-21-23(3)27-13-9-7-11-15-29(27)31/h6-15,20-21,24-25H,5,16-19H2,1-4H3/q+1. The number of ether oxygens (including phenoxy) is 1. The number of hydrogen-bond acceptors (Lipinski definition) is 2. The SMILES string of the molecule is CCOC(=O)C1=[N+](C)C(=C(c2cc(C)c3cccccc2-3)c2cc(C)c3cccccc2-3)C2=C1C1CCC2CC1. The molecule has 8 rings (SSSR count). The Morgan fingerprint density at radius 3 is 1.73 bits per heavy atom. The van der Waals surface area contributed by atoms with Gasteiger partial charge in [-0.25, -0.2) is 4.79 Å². The first-order chi connectivity index (χ1) is 19.5.